The number of rotatable bonds is 0. The molecule has 0 aliphatic carbocycles. The predicted molar refractivity (Wildman–Crippen MR) is 53.5 cm³/mol. The third-order valence-electron chi connectivity index (χ3n) is 14.5. The monoisotopic (exact) mass is 230 g/mol. The fraction of sp³-hybridized carbons (Fsp3) is 1.00. The first-order valence-corrected chi connectivity index (χ1v) is 13.2. The van der Waals surface area contributed by atoms with Crippen molar-refractivity contribution in [2.24, 2.45) is 0 Å². The molecule has 10 rings (SSSR count). The molecule has 1 heteroatoms. The Hall–Kier alpha value is 0.519. The van der Waals surface area contributed by atoms with E-state index in [0.717, 1.165) is 0 Å². The maximum absolute atomic E-state index is 2.28. The minimum atomic E-state index is -2.28. The van der Waals surface area contributed by atoms with E-state index in [-0.39, 0.29) is 0 Å². The molecule has 0 aromatic rings. The molecule has 0 nitrogen and oxygen atoms in total. The van der Waals surface area contributed by atoms with Gasteiger partial charge in [0, 0.05) is 0 Å². The summed E-state index contributed by atoms with van der Waals surface area (Å²) in [6.07, 6.45) is 1.25. The van der Waals surface area contributed by atoms with Gasteiger partial charge in [0.05, 0.1) is 0 Å². The molecule has 14 heavy (non-hydrogen) atoms. The van der Waals surface area contributed by atoms with Gasteiger partial charge in [-0.1, -0.05) is 20.3 Å². The first kappa shape index (κ1) is 5.23. The van der Waals surface area contributed by atoms with E-state index >= 15 is 0 Å². The van der Waals surface area contributed by atoms with Crippen LogP contribution in [0.1, 0.15) is 20.3 Å². The van der Waals surface area contributed by atoms with Gasteiger partial charge in [-0.05, 0) is 0 Å². The van der Waals surface area contributed by atoms with Gasteiger partial charge in [-0.15, -0.1) is 0 Å². The van der Waals surface area contributed by atoms with Crippen LogP contribution in [-0.2, 0) is 6.51 Å². The Morgan fingerprint density at radius 3 is 0.714 bits per heavy atom. The van der Waals surface area contributed by atoms with Gasteiger partial charge in [0.1, 0.15) is 0 Å². The van der Waals surface area contributed by atoms with E-state index < -0.39 is 6.51 Å². The van der Waals surface area contributed by atoms with Crippen LogP contribution in [0, 0.1) is 0 Å². The fourth-order valence-corrected chi connectivity index (χ4v) is 88.0. The van der Waals surface area contributed by atoms with Crippen LogP contribution in [0.25, 0.3) is 0 Å². The van der Waals surface area contributed by atoms with E-state index in [9.17, 15) is 0 Å². The summed E-state index contributed by atoms with van der Waals surface area (Å²) in [5, 5.41) is 0. The number of hydrogen-bond acceptors (Lipinski definition) is 0. The Morgan fingerprint density at radius 1 is 0.571 bits per heavy atom. The second-order valence-corrected chi connectivity index (χ2v) is 34.2. The van der Waals surface area contributed by atoms with E-state index in [4.69, 9.17) is 0 Å². The number of hydrogen-bond donors (Lipinski definition) is 0. The van der Waals surface area contributed by atoms with Crippen LogP contribution in [-0.4, -0.2) is 0 Å². The predicted octanol–water partition coefficient (Wildman–Crippen LogP) is 4.79. The second-order valence-electron chi connectivity index (χ2n) is 10.3. The van der Waals surface area contributed by atoms with Crippen molar-refractivity contribution in [3.05, 3.63) is 0 Å². The summed E-state index contributed by atoms with van der Waals surface area (Å²) in [5.41, 5.74) is 0. The summed E-state index contributed by atoms with van der Waals surface area (Å²) in [4.78, 5) is 15.9. The molecule has 10 aliphatic heterocycles. The summed E-state index contributed by atoms with van der Waals surface area (Å²) < 4.78 is 0. The van der Waals surface area contributed by atoms with E-state index in [1.165, 1.54) is 6.42 Å². The van der Waals surface area contributed by atoms with Gasteiger partial charge >= 0.3 is 54.7 Å². The Labute approximate surface area is 75.1 Å². The maximum atomic E-state index is 2.12. The summed E-state index contributed by atoms with van der Waals surface area (Å²) in [6.45, 7) is 1.97. The quantitative estimate of drug-likeness (QED) is 0.524. The molecule has 10 saturated heterocycles. The molecular weight excluding hydrogens is 212 g/mol. The van der Waals surface area contributed by atoms with Crippen molar-refractivity contribution in [2.75, 3.05) is 0 Å². The van der Waals surface area contributed by atoms with Crippen LogP contribution in [0.3, 0.4) is 0 Å². The Kier molecular flexibility index (Phi) is 0.135. The molecular formula is C13H18Fe. The molecule has 78 valence electrons. The topological polar surface area (TPSA) is 0 Å². The van der Waals surface area contributed by atoms with E-state index in [2.05, 4.69) is 13.8 Å². The van der Waals surface area contributed by atoms with E-state index in [1.807, 2.05) is 0 Å². The molecule has 0 N–H and O–H groups in total. The first-order valence-electron chi connectivity index (χ1n) is 6.79. The Bertz CT molecular complexity index is 588. The van der Waals surface area contributed by atoms with Crippen molar-refractivity contribution in [1.29, 1.82) is 0 Å². The second kappa shape index (κ2) is 0.362. The van der Waals surface area contributed by atoms with Crippen molar-refractivity contribution in [2.45, 2.75) is 68.4 Å². The van der Waals surface area contributed by atoms with Gasteiger partial charge in [-0.3, -0.25) is 0 Å². The molecule has 0 radical (unpaired) electrons. The third-order valence-corrected chi connectivity index (χ3v) is 56.5. The van der Waals surface area contributed by atoms with Gasteiger partial charge in [0.2, 0.25) is 0 Å². The average Bonchev–Trinajstić information content (AvgIpc) is 3.15. The SMILES string of the molecule is CCC.[CH]12[CH]3[CH]4[CH]5[CH]1[Fe]23451678[CH]2[CH]1[CH]6[CH]7[CH]28. The standard InChI is InChI=1S/2C5H5.C3H8.Fe/c2*1-2-4-5-3-1;1-3-2;/h2*1-5H;3H2,1-2H3;. The minimum absolute atomic E-state index is 1.25. The molecule has 10 heterocycles. The Morgan fingerprint density at radius 2 is 0.714 bits per heavy atom. The molecule has 0 amide bonds. The van der Waals surface area contributed by atoms with Crippen LogP contribution < -0.4 is 0 Å². The van der Waals surface area contributed by atoms with Crippen molar-refractivity contribution in [3.63, 3.8) is 0 Å². The van der Waals surface area contributed by atoms with Crippen LogP contribution in [0.4, 0.5) is 0 Å². The molecule has 0 bridgehead atoms. The van der Waals surface area contributed by atoms with Crippen molar-refractivity contribution < 1.29 is 6.51 Å². The average molecular weight is 230 g/mol. The summed E-state index contributed by atoms with van der Waals surface area (Å²) in [6, 6.07) is 0. The molecule has 10 fully saturated rings. The Balaban J connectivity index is 0.000000151. The first-order chi connectivity index (χ1) is 6.57. The molecule has 0 saturated carbocycles. The number of fused-ring (bicyclic) bond motifs is 10. The van der Waals surface area contributed by atoms with Gasteiger partial charge in [-0.25, -0.2) is 0 Å². The molecule has 0 atom stereocenters. The van der Waals surface area contributed by atoms with E-state index in [1.54, 1.807) is 48.2 Å². The molecule has 0 aromatic heterocycles. The van der Waals surface area contributed by atoms with Crippen LogP contribution in [0.5, 0.6) is 0 Å². The summed E-state index contributed by atoms with van der Waals surface area (Å²) >= 11 is 0. The van der Waals surface area contributed by atoms with Crippen molar-refractivity contribution in [3.8, 4) is 0 Å². The third kappa shape index (κ3) is 0.0413. The summed E-state index contributed by atoms with van der Waals surface area (Å²) in [7, 11) is 0. The molecule has 0 aromatic carbocycles. The van der Waals surface area contributed by atoms with Crippen LogP contribution >= 0.6 is 0 Å². The van der Waals surface area contributed by atoms with Gasteiger partial charge in [-0.2, -0.15) is 0 Å². The zero-order valence-corrected chi connectivity index (χ0v) is 9.94. The van der Waals surface area contributed by atoms with Gasteiger partial charge in [0.15, 0.2) is 0 Å². The normalized spacial score (nSPS) is 136. The van der Waals surface area contributed by atoms with Crippen LogP contribution in [0.15, 0.2) is 0 Å². The summed E-state index contributed by atoms with van der Waals surface area (Å²) in [5.74, 6) is 0. The molecule has 0 unspecified atom stereocenters. The van der Waals surface area contributed by atoms with E-state index in [0.29, 0.717) is 0 Å². The van der Waals surface area contributed by atoms with Gasteiger partial charge < -0.3 is 0 Å². The fourth-order valence-electron chi connectivity index (χ4n) is 15.8. The molecule has 1 spiro atoms. The zero-order chi connectivity index (χ0) is 8.80. The van der Waals surface area contributed by atoms with Gasteiger partial charge in [0.25, 0.3) is 0 Å². The zero-order valence-electron chi connectivity index (χ0n) is 8.83. The van der Waals surface area contributed by atoms with Crippen molar-refractivity contribution >= 4 is 0 Å². The van der Waals surface area contributed by atoms with Crippen LogP contribution in [0.2, 0.25) is 48.2 Å². The molecule has 10 aliphatic rings. The van der Waals surface area contributed by atoms with Crippen molar-refractivity contribution in [1.82, 2.24) is 0 Å².